The number of H-pyrrole nitrogens is 1. The van der Waals surface area contributed by atoms with Crippen LogP contribution in [-0.2, 0) is 0 Å². The normalized spacial score (nSPS) is 11.0. The summed E-state index contributed by atoms with van der Waals surface area (Å²) in [7, 11) is 0. The van der Waals surface area contributed by atoms with Crippen molar-refractivity contribution in [1.29, 1.82) is 10.5 Å². The minimum Gasteiger partial charge on any atom is -0.479 e. The summed E-state index contributed by atoms with van der Waals surface area (Å²) in [5.41, 5.74) is 3.02. The Kier molecular flexibility index (Phi) is 4.04. The lowest BCUT2D eigenvalue weighted by atomic mass is 10.1. The first-order valence-electron chi connectivity index (χ1n) is 6.97. The molecule has 1 aromatic heterocycles. The van der Waals surface area contributed by atoms with E-state index in [1.807, 2.05) is 42.5 Å². The lowest BCUT2D eigenvalue weighted by Gasteiger charge is -2.01. The van der Waals surface area contributed by atoms with Crippen molar-refractivity contribution in [2.45, 2.75) is 0 Å². The molecule has 0 amide bonds. The molecule has 3 rings (SSSR count). The van der Waals surface area contributed by atoms with Crippen LogP contribution >= 0.6 is 0 Å². The van der Waals surface area contributed by atoms with Crippen LogP contribution in [0.5, 0.6) is 5.75 Å². The summed E-state index contributed by atoms with van der Waals surface area (Å²) in [5.74, 6) is 1.16. The van der Waals surface area contributed by atoms with Crippen molar-refractivity contribution in [3.05, 3.63) is 59.9 Å². The summed E-state index contributed by atoms with van der Waals surface area (Å²) in [5, 5.41) is 17.9. The van der Waals surface area contributed by atoms with Gasteiger partial charge in [0.25, 0.3) is 0 Å². The number of nitrogens with zero attached hydrogens (tertiary/aromatic N) is 3. The van der Waals surface area contributed by atoms with E-state index in [2.05, 4.69) is 16.0 Å². The first-order chi connectivity index (χ1) is 11.3. The molecule has 0 saturated carbocycles. The molecular formula is C18H12N4O. The number of allylic oxidation sites excluding steroid dienone is 1. The number of aromatic amines is 1. The second kappa shape index (κ2) is 6.46. The SMILES string of the molecule is N#CCOc1ccc(/C=C(\C#N)c2nc3ccccc3[nH]2)cc1. The van der Waals surface area contributed by atoms with Crippen LogP contribution in [0, 0.1) is 22.7 Å². The van der Waals surface area contributed by atoms with E-state index in [9.17, 15) is 5.26 Å². The molecule has 3 aromatic rings. The molecule has 0 aliphatic heterocycles. The molecule has 0 aliphatic carbocycles. The molecule has 0 aliphatic rings. The predicted molar refractivity (Wildman–Crippen MR) is 87.1 cm³/mol. The van der Waals surface area contributed by atoms with Gasteiger partial charge in [-0.1, -0.05) is 24.3 Å². The topological polar surface area (TPSA) is 85.5 Å². The molecule has 0 bridgehead atoms. The fourth-order valence-electron chi connectivity index (χ4n) is 2.18. The Balaban J connectivity index is 1.89. The molecule has 110 valence electrons. The molecule has 2 aromatic carbocycles. The third-order valence-electron chi connectivity index (χ3n) is 3.26. The van der Waals surface area contributed by atoms with Crippen LogP contribution in [0.25, 0.3) is 22.7 Å². The molecule has 23 heavy (non-hydrogen) atoms. The van der Waals surface area contributed by atoms with Crippen LogP contribution in [0.1, 0.15) is 11.4 Å². The van der Waals surface area contributed by atoms with Crippen LogP contribution in [0.4, 0.5) is 0 Å². The lowest BCUT2D eigenvalue weighted by molar-refractivity contribution is 0.368. The first-order valence-corrected chi connectivity index (χ1v) is 6.97. The van der Waals surface area contributed by atoms with Gasteiger partial charge in [0, 0.05) is 0 Å². The third-order valence-corrected chi connectivity index (χ3v) is 3.26. The zero-order valence-electron chi connectivity index (χ0n) is 12.2. The van der Waals surface area contributed by atoms with Gasteiger partial charge in [-0.15, -0.1) is 0 Å². The standard InChI is InChI=1S/C18H12N4O/c19-9-10-23-15-7-5-13(6-8-15)11-14(12-20)18-21-16-3-1-2-4-17(16)22-18/h1-8,11H,10H2,(H,21,22)/b14-11+. The van der Waals surface area contributed by atoms with Gasteiger partial charge in [-0.3, -0.25) is 0 Å². The van der Waals surface area contributed by atoms with Crippen molar-refractivity contribution in [3.63, 3.8) is 0 Å². The number of aromatic nitrogens is 2. The van der Waals surface area contributed by atoms with E-state index < -0.39 is 0 Å². The molecule has 5 heteroatoms. The minimum atomic E-state index is 0.0115. The number of nitriles is 2. The predicted octanol–water partition coefficient (Wildman–Crippen LogP) is 3.53. The summed E-state index contributed by atoms with van der Waals surface area (Å²) in [4.78, 5) is 7.57. The monoisotopic (exact) mass is 300 g/mol. The smallest absolute Gasteiger partial charge is 0.174 e. The lowest BCUT2D eigenvalue weighted by Crippen LogP contribution is -1.92. The van der Waals surface area contributed by atoms with Crippen LogP contribution in [0.2, 0.25) is 0 Å². The van der Waals surface area contributed by atoms with Crippen molar-refractivity contribution in [2.75, 3.05) is 6.61 Å². The number of para-hydroxylation sites is 2. The van der Waals surface area contributed by atoms with E-state index in [0.717, 1.165) is 16.6 Å². The van der Waals surface area contributed by atoms with Crippen LogP contribution < -0.4 is 4.74 Å². The molecule has 0 spiro atoms. The fraction of sp³-hybridized carbons (Fsp3) is 0.0556. The van der Waals surface area contributed by atoms with Gasteiger partial charge < -0.3 is 9.72 Å². The highest BCUT2D eigenvalue weighted by molar-refractivity contribution is 5.90. The van der Waals surface area contributed by atoms with Gasteiger partial charge in [0.15, 0.2) is 6.61 Å². The highest BCUT2D eigenvalue weighted by Crippen LogP contribution is 2.20. The Morgan fingerprint density at radius 1 is 1.13 bits per heavy atom. The number of ether oxygens (including phenoxy) is 1. The fourth-order valence-corrected chi connectivity index (χ4v) is 2.18. The van der Waals surface area contributed by atoms with Crippen molar-refractivity contribution in [1.82, 2.24) is 9.97 Å². The molecule has 0 atom stereocenters. The molecule has 5 nitrogen and oxygen atoms in total. The molecule has 0 fully saturated rings. The van der Waals surface area contributed by atoms with E-state index in [1.165, 1.54) is 0 Å². The quantitative estimate of drug-likeness (QED) is 0.747. The van der Waals surface area contributed by atoms with Gasteiger partial charge in [0.05, 0.1) is 16.6 Å². The maximum absolute atomic E-state index is 9.40. The van der Waals surface area contributed by atoms with Crippen molar-refractivity contribution in [2.24, 2.45) is 0 Å². The van der Waals surface area contributed by atoms with Crippen molar-refractivity contribution < 1.29 is 4.74 Å². The summed E-state index contributed by atoms with van der Waals surface area (Å²) in [6.45, 7) is 0.0115. The Morgan fingerprint density at radius 3 is 2.61 bits per heavy atom. The Hall–Kier alpha value is -3.57. The maximum Gasteiger partial charge on any atom is 0.174 e. The van der Waals surface area contributed by atoms with Gasteiger partial charge in [-0.05, 0) is 35.9 Å². The van der Waals surface area contributed by atoms with Crippen LogP contribution in [-0.4, -0.2) is 16.6 Å². The zero-order chi connectivity index (χ0) is 16.1. The van der Waals surface area contributed by atoms with Crippen LogP contribution in [0.15, 0.2) is 48.5 Å². The largest absolute Gasteiger partial charge is 0.479 e. The summed E-state index contributed by atoms with van der Waals surface area (Å²) in [6.07, 6.45) is 1.76. The number of imidazole rings is 1. The molecule has 0 unspecified atom stereocenters. The van der Waals surface area contributed by atoms with Crippen molar-refractivity contribution >= 4 is 22.7 Å². The van der Waals surface area contributed by atoms with Crippen molar-refractivity contribution in [3.8, 4) is 17.9 Å². The summed E-state index contributed by atoms with van der Waals surface area (Å²) in [6, 6.07) is 18.9. The Morgan fingerprint density at radius 2 is 1.91 bits per heavy atom. The van der Waals surface area contributed by atoms with Gasteiger partial charge in [0.1, 0.15) is 23.7 Å². The van der Waals surface area contributed by atoms with E-state index in [1.54, 1.807) is 18.2 Å². The highest BCUT2D eigenvalue weighted by atomic mass is 16.5. The van der Waals surface area contributed by atoms with Crippen LogP contribution in [0.3, 0.4) is 0 Å². The number of nitrogens with one attached hydrogen (secondary N) is 1. The number of hydrogen-bond donors (Lipinski definition) is 1. The number of fused-ring (bicyclic) bond motifs is 1. The highest BCUT2D eigenvalue weighted by Gasteiger charge is 2.07. The molecule has 1 heterocycles. The van der Waals surface area contributed by atoms with Gasteiger partial charge in [-0.2, -0.15) is 10.5 Å². The number of hydrogen-bond acceptors (Lipinski definition) is 4. The number of rotatable bonds is 4. The maximum atomic E-state index is 9.40. The molecule has 1 N–H and O–H groups in total. The average Bonchev–Trinajstić information content (AvgIpc) is 3.02. The van der Waals surface area contributed by atoms with E-state index in [-0.39, 0.29) is 6.61 Å². The second-order valence-electron chi connectivity index (χ2n) is 4.79. The molecular weight excluding hydrogens is 288 g/mol. The zero-order valence-corrected chi connectivity index (χ0v) is 12.2. The summed E-state index contributed by atoms with van der Waals surface area (Å²) < 4.78 is 5.20. The Bertz CT molecular complexity index is 907. The van der Waals surface area contributed by atoms with Gasteiger partial charge >= 0.3 is 0 Å². The second-order valence-corrected chi connectivity index (χ2v) is 4.79. The van der Waals surface area contributed by atoms with E-state index in [0.29, 0.717) is 17.1 Å². The first kappa shape index (κ1) is 14.4. The molecule has 0 saturated heterocycles. The van der Waals surface area contributed by atoms with E-state index in [4.69, 9.17) is 10.00 Å². The minimum absolute atomic E-state index is 0.0115. The number of benzene rings is 2. The van der Waals surface area contributed by atoms with E-state index >= 15 is 0 Å². The molecule has 0 radical (unpaired) electrons. The third kappa shape index (κ3) is 3.20. The van der Waals surface area contributed by atoms with Gasteiger partial charge in [-0.25, -0.2) is 4.98 Å². The van der Waals surface area contributed by atoms with Gasteiger partial charge in [0.2, 0.25) is 0 Å². The Labute approximate surface area is 133 Å². The summed E-state index contributed by atoms with van der Waals surface area (Å²) >= 11 is 0. The average molecular weight is 300 g/mol.